The topological polar surface area (TPSA) is 38.9 Å². The largest absolute Gasteiger partial charge is 0.325 e. The van der Waals surface area contributed by atoms with Gasteiger partial charge < -0.3 is 5.73 Å². The minimum Gasteiger partial charge on any atom is -0.325 e. The van der Waals surface area contributed by atoms with Gasteiger partial charge in [-0.05, 0) is 17.7 Å². The lowest BCUT2D eigenvalue weighted by Crippen LogP contribution is -1.97. The third kappa shape index (κ3) is 4.53. The third-order valence-electron chi connectivity index (χ3n) is 1.97. The van der Waals surface area contributed by atoms with Crippen molar-refractivity contribution in [3.8, 4) is 0 Å². The molecule has 82 valence electrons. The number of rotatable bonds is 2. The normalized spacial score (nSPS) is 8.81. The maximum atomic E-state index is 5.29. The second kappa shape index (κ2) is 7.37. The Kier molecular flexibility index (Phi) is 5.59. The highest BCUT2D eigenvalue weighted by atomic mass is 14.7. The van der Waals surface area contributed by atoms with Crippen LogP contribution in [0.25, 0.3) is 6.08 Å². The van der Waals surface area contributed by atoms with Gasteiger partial charge in [0, 0.05) is 12.7 Å². The number of nitrogens with zero attached hydrogens (tertiary/aromatic N) is 1. The van der Waals surface area contributed by atoms with Gasteiger partial charge in [0.2, 0.25) is 0 Å². The van der Waals surface area contributed by atoms with Crippen molar-refractivity contribution < 1.29 is 0 Å². The van der Waals surface area contributed by atoms with E-state index in [-0.39, 0.29) is 0 Å². The molecule has 0 bridgehead atoms. The highest BCUT2D eigenvalue weighted by molar-refractivity contribution is 5.45. The van der Waals surface area contributed by atoms with Crippen molar-refractivity contribution in [2.24, 2.45) is 5.73 Å². The van der Waals surface area contributed by atoms with E-state index in [9.17, 15) is 0 Å². The van der Waals surface area contributed by atoms with Gasteiger partial charge in [-0.2, -0.15) is 0 Å². The van der Waals surface area contributed by atoms with Gasteiger partial charge in [0.25, 0.3) is 0 Å². The molecule has 0 amide bonds. The van der Waals surface area contributed by atoms with Crippen LogP contribution in [0, 0.1) is 0 Å². The summed E-state index contributed by atoms with van der Waals surface area (Å²) in [6.07, 6.45) is 3.57. The lowest BCUT2D eigenvalue weighted by molar-refractivity contribution is 0.991. The van der Waals surface area contributed by atoms with Crippen molar-refractivity contribution in [1.29, 1.82) is 0 Å². The van der Waals surface area contributed by atoms with Gasteiger partial charge >= 0.3 is 0 Å². The van der Waals surface area contributed by atoms with Crippen LogP contribution in [0.4, 0.5) is 0 Å². The molecule has 2 rings (SSSR count). The molecule has 2 aromatic rings. The van der Waals surface area contributed by atoms with Crippen molar-refractivity contribution in [3.05, 3.63) is 72.6 Å². The molecule has 0 fully saturated rings. The Morgan fingerprint density at radius 2 is 1.75 bits per heavy atom. The Morgan fingerprint density at radius 1 is 1.06 bits per heavy atom. The number of hydrogen-bond donors (Lipinski definition) is 1. The van der Waals surface area contributed by atoms with E-state index in [1.807, 2.05) is 54.6 Å². The zero-order chi connectivity index (χ0) is 11.6. The number of hydrogen-bond acceptors (Lipinski definition) is 2. The van der Waals surface area contributed by atoms with Crippen molar-refractivity contribution in [2.45, 2.75) is 6.54 Å². The highest BCUT2D eigenvalue weighted by Crippen LogP contribution is 1.97. The summed E-state index contributed by atoms with van der Waals surface area (Å²) in [5.74, 6) is 0. The van der Waals surface area contributed by atoms with Crippen LogP contribution in [0.15, 0.2) is 61.3 Å². The first-order chi connectivity index (χ1) is 7.86. The summed E-state index contributed by atoms with van der Waals surface area (Å²) in [6.45, 7) is 4.16. The van der Waals surface area contributed by atoms with E-state index in [4.69, 9.17) is 5.73 Å². The SMILES string of the molecule is C=Cc1ccccc1.NCc1ccccn1. The van der Waals surface area contributed by atoms with Gasteiger partial charge in [0.05, 0.1) is 5.69 Å². The number of pyridine rings is 1. The summed E-state index contributed by atoms with van der Waals surface area (Å²) >= 11 is 0. The fourth-order valence-corrected chi connectivity index (χ4v) is 1.11. The molecule has 0 unspecified atom stereocenters. The van der Waals surface area contributed by atoms with Gasteiger partial charge in [-0.25, -0.2) is 0 Å². The number of benzene rings is 1. The van der Waals surface area contributed by atoms with E-state index in [1.165, 1.54) is 5.56 Å². The Bertz CT molecular complexity index is 396. The lowest BCUT2D eigenvalue weighted by Gasteiger charge is -1.89. The van der Waals surface area contributed by atoms with Crippen LogP contribution in [0.2, 0.25) is 0 Å². The minimum atomic E-state index is 0.529. The summed E-state index contributed by atoms with van der Waals surface area (Å²) < 4.78 is 0. The van der Waals surface area contributed by atoms with E-state index in [1.54, 1.807) is 6.20 Å². The van der Waals surface area contributed by atoms with Crippen molar-refractivity contribution in [3.63, 3.8) is 0 Å². The molecule has 0 atom stereocenters. The van der Waals surface area contributed by atoms with Crippen LogP contribution in [0.5, 0.6) is 0 Å². The fraction of sp³-hybridized carbons (Fsp3) is 0.0714. The predicted molar refractivity (Wildman–Crippen MR) is 68.7 cm³/mol. The molecule has 1 aromatic heterocycles. The number of nitrogens with two attached hydrogens (primary N) is 1. The number of aromatic nitrogens is 1. The average molecular weight is 212 g/mol. The molecular weight excluding hydrogens is 196 g/mol. The fourth-order valence-electron chi connectivity index (χ4n) is 1.11. The third-order valence-corrected chi connectivity index (χ3v) is 1.97. The molecule has 1 heterocycles. The summed E-state index contributed by atoms with van der Waals surface area (Å²) in [5, 5.41) is 0. The molecule has 0 saturated heterocycles. The zero-order valence-corrected chi connectivity index (χ0v) is 9.21. The van der Waals surface area contributed by atoms with Crippen LogP contribution in [0.1, 0.15) is 11.3 Å². The van der Waals surface area contributed by atoms with Crippen molar-refractivity contribution in [2.75, 3.05) is 0 Å². The molecular formula is C14H16N2. The molecule has 16 heavy (non-hydrogen) atoms. The van der Waals surface area contributed by atoms with Gasteiger partial charge in [0.15, 0.2) is 0 Å². The van der Waals surface area contributed by atoms with Crippen LogP contribution in [-0.2, 0) is 6.54 Å². The van der Waals surface area contributed by atoms with Crippen LogP contribution < -0.4 is 5.73 Å². The Morgan fingerprint density at radius 3 is 2.12 bits per heavy atom. The smallest absolute Gasteiger partial charge is 0.0539 e. The highest BCUT2D eigenvalue weighted by Gasteiger charge is 1.81. The summed E-state index contributed by atoms with van der Waals surface area (Å²) in [6, 6.07) is 15.7. The van der Waals surface area contributed by atoms with Crippen LogP contribution in [-0.4, -0.2) is 4.98 Å². The molecule has 0 spiro atoms. The summed E-state index contributed by atoms with van der Waals surface area (Å²) in [7, 11) is 0. The van der Waals surface area contributed by atoms with E-state index >= 15 is 0 Å². The Balaban J connectivity index is 0.000000160. The quantitative estimate of drug-likeness (QED) is 0.831. The van der Waals surface area contributed by atoms with Gasteiger partial charge in [0.1, 0.15) is 0 Å². The van der Waals surface area contributed by atoms with E-state index in [0.29, 0.717) is 6.54 Å². The van der Waals surface area contributed by atoms with E-state index in [2.05, 4.69) is 11.6 Å². The Labute approximate surface area is 96.5 Å². The van der Waals surface area contributed by atoms with E-state index in [0.717, 1.165) is 5.69 Å². The van der Waals surface area contributed by atoms with Gasteiger partial charge in [-0.15, -0.1) is 0 Å². The molecule has 0 radical (unpaired) electrons. The maximum absolute atomic E-state index is 5.29. The second-order valence-electron chi connectivity index (χ2n) is 3.14. The van der Waals surface area contributed by atoms with Crippen LogP contribution in [0.3, 0.4) is 0 Å². The van der Waals surface area contributed by atoms with Crippen molar-refractivity contribution >= 4 is 6.08 Å². The van der Waals surface area contributed by atoms with Crippen molar-refractivity contribution in [1.82, 2.24) is 4.98 Å². The van der Waals surface area contributed by atoms with Crippen LogP contribution >= 0.6 is 0 Å². The monoisotopic (exact) mass is 212 g/mol. The standard InChI is InChI=1S/C8H8.C6H8N2/c1-2-8-6-4-3-5-7-8;7-5-6-3-1-2-4-8-6/h2-7H,1H2;1-4H,5,7H2. The molecule has 1 aromatic carbocycles. The molecule has 2 N–H and O–H groups in total. The van der Waals surface area contributed by atoms with Gasteiger partial charge in [-0.1, -0.05) is 49.1 Å². The zero-order valence-electron chi connectivity index (χ0n) is 9.21. The molecule has 2 heteroatoms. The molecule has 0 aliphatic carbocycles. The first kappa shape index (κ1) is 12.1. The first-order valence-corrected chi connectivity index (χ1v) is 5.14. The Hall–Kier alpha value is -1.93. The second-order valence-corrected chi connectivity index (χ2v) is 3.14. The maximum Gasteiger partial charge on any atom is 0.0539 e. The lowest BCUT2D eigenvalue weighted by atomic mass is 10.2. The summed E-state index contributed by atoms with van der Waals surface area (Å²) in [4.78, 5) is 3.97. The van der Waals surface area contributed by atoms with E-state index < -0.39 is 0 Å². The first-order valence-electron chi connectivity index (χ1n) is 5.14. The minimum absolute atomic E-state index is 0.529. The predicted octanol–water partition coefficient (Wildman–Crippen LogP) is 2.87. The van der Waals surface area contributed by atoms with Gasteiger partial charge in [-0.3, -0.25) is 4.98 Å². The molecule has 2 nitrogen and oxygen atoms in total. The molecule has 0 aliphatic heterocycles. The molecule has 0 saturated carbocycles. The summed E-state index contributed by atoms with van der Waals surface area (Å²) in [5.41, 5.74) is 7.40. The molecule has 0 aliphatic rings. The average Bonchev–Trinajstić information content (AvgIpc) is 2.41.